The molecule has 1 aromatic carbocycles. The van der Waals surface area contributed by atoms with Gasteiger partial charge in [0.05, 0.1) is 7.11 Å². The Bertz CT molecular complexity index is 399. The van der Waals surface area contributed by atoms with Crippen molar-refractivity contribution in [3.05, 3.63) is 28.2 Å². The van der Waals surface area contributed by atoms with E-state index in [4.69, 9.17) is 4.74 Å². The molecular weight excluding hydrogens is 280 g/mol. The zero-order chi connectivity index (χ0) is 13.0. The zero-order valence-electron chi connectivity index (χ0n) is 10.8. The minimum absolute atomic E-state index is 0.0908. The highest BCUT2D eigenvalue weighted by Gasteiger charge is 2.18. The van der Waals surface area contributed by atoms with Gasteiger partial charge in [-0.2, -0.15) is 0 Å². The van der Waals surface area contributed by atoms with Crippen LogP contribution in [0.3, 0.4) is 0 Å². The number of methoxy groups -OCH3 is 1. The van der Waals surface area contributed by atoms with E-state index in [1.807, 2.05) is 25.1 Å². The molecule has 2 nitrogen and oxygen atoms in total. The quantitative estimate of drug-likeness (QED) is 0.825. The number of ether oxygens (including phenoxy) is 1. The summed E-state index contributed by atoms with van der Waals surface area (Å²) < 4.78 is 6.13. The number of carbonyl (C=O) groups is 1. The fourth-order valence-corrected chi connectivity index (χ4v) is 1.92. The van der Waals surface area contributed by atoms with Crippen LogP contribution in [0.15, 0.2) is 22.7 Å². The molecule has 0 saturated carbocycles. The van der Waals surface area contributed by atoms with Gasteiger partial charge in [0.2, 0.25) is 0 Å². The molecule has 1 atom stereocenters. The first-order valence-electron chi connectivity index (χ1n) is 5.80. The first-order valence-corrected chi connectivity index (χ1v) is 6.60. The van der Waals surface area contributed by atoms with E-state index < -0.39 is 0 Å². The molecule has 17 heavy (non-hydrogen) atoms. The van der Waals surface area contributed by atoms with E-state index in [1.165, 1.54) is 0 Å². The van der Waals surface area contributed by atoms with Crippen molar-refractivity contribution in [2.24, 2.45) is 11.8 Å². The number of ketones is 1. The Kier molecular flexibility index (Phi) is 5.19. The fraction of sp³-hybridized carbons (Fsp3) is 0.500. The molecule has 0 aliphatic heterocycles. The Morgan fingerprint density at radius 3 is 2.53 bits per heavy atom. The molecule has 0 N–H and O–H groups in total. The standard InChI is InChI=1S/C14H19BrO2/c1-9(2)10(3)14(16)8-11-7-12(17-4)5-6-13(11)15/h5-7,9-10H,8H2,1-4H3. The van der Waals surface area contributed by atoms with Crippen LogP contribution in [0.25, 0.3) is 0 Å². The summed E-state index contributed by atoms with van der Waals surface area (Å²) in [5, 5.41) is 0. The maximum absolute atomic E-state index is 12.0. The number of hydrogen-bond acceptors (Lipinski definition) is 2. The van der Waals surface area contributed by atoms with Crippen molar-refractivity contribution in [2.75, 3.05) is 7.11 Å². The number of benzene rings is 1. The average molecular weight is 299 g/mol. The van der Waals surface area contributed by atoms with Crippen LogP contribution in [-0.4, -0.2) is 12.9 Å². The first kappa shape index (κ1) is 14.2. The number of hydrogen-bond donors (Lipinski definition) is 0. The molecule has 1 rings (SSSR count). The second-order valence-electron chi connectivity index (χ2n) is 4.63. The summed E-state index contributed by atoms with van der Waals surface area (Å²) in [6.07, 6.45) is 0.455. The summed E-state index contributed by atoms with van der Waals surface area (Å²) in [5.41, 5.74) is 0.988. The normalized spacial score (nSPS) is 12.6. The zero-order valence-corrected chi connectivity index (χ0v) is 12.4. The van der Waals surface area contributed by atoms with Crippen molar-refractivity contribution in [3.8, 4) is 5.75 Å². The molecule has 0 radical (unpaired) electrons. The van der Waals surface area contributed by atoms with Gasteiger partial charge in [-0.15, -0.1) is 0 Å². The number of Topliss-reactive ketones (excluding diaryl/α,β-unsaturated/α-hetero) is 1. The van der Waals surface area contributed by atoms with E-state index in [0.717, 1.165) is 15.8 Å². The van der Waals surface area contributed by atoms with Gasteiger partial charge in [-0.1, -0.05) is 36.7 Å². The monoisotopic (exact) mass is 298 g/mol. The van der Waals surface area contributed by atoms with E-state index in [2.05, 4.69) is 29.8 Å². The van der Waals surface area contributed by atoms with Crippen LogP contribution >= 0.6 is 15.9 Å². The molecule has 0 aliphatic rings. The highest BCUT2D eigenvalue weighted by Crippen LogP contribution is 2.24. The minimum Gasteiger partial charge on any atom is -0.497 e. The molecule has 0 aromatic heterocycles. The highest BCUT2D eigenvalue weighted by atomic mass is 79.9. The van der Waals surface area contributed by atoms with E-state index in [-0.39, 0.29) is 11.7 Å². The second-order valence-corrected chi connectivity index (χ2v) is 5.49. The smallest absolute Gasteiger partial charge is 0.140 e. The molecule has 0 spiro atoms. The molecule has 0 fully saturated rings. The summed E-state index contributed by atoms with van der Waals surface area (Å²) in [7, 11) is 1.63. The third-order valence-corrected chi connectivity index (χ3v) is 3.90. The Morgan fingerprint density at radius 1 is 1.35 bits per heavy atom. The lowest BCUT2D eigenvalue weighted by atomic mass is 9.90. The van der Waals surface area contributed by atoms with Crippen molar-refractivity contribution < 1.29 is 9.53 Å². The van der Waals surface area contributed by atoms with Gasteiger partial charge in [0, 0.05) is 16.8 Å². The Labute approximate surface area is 111 Å². The van der Waals surface area contributed by atoms with Gasteiger partial charge in [-0.3, -0.25) is 4.79 Å². The van der Waals surface area contributed by atoms with Crippen molar-refractivity contribution in [1.29, 1.82) is 0 Å². The van der Waals surface area contributed by atoms with Gasteiger partial charge in [0.25, 0.3) is 0 Å². The van der Waals surface area contributed by atoms with Gasteiger partial charge < -0.3 is 4.74 Å². The largest absolute Gasteiger partial charge is 0.497 e. The van der Waals surface area contributed by atoms with Crippen molar-refractivity contribution in [3.63, 3.8) is 0 Å². The predicted octanol–water partition coefficient (Wildman–Crippen LogP) is 3.86. The lowest BCUT2D eigenvalue weighted by Gasteiger charge is -2.15. The van der Waals surface area contributed by atoms with Gasteiger partial charge in [0.15, 0.2) is 0 Å². The number of carbonyl (C=O) groups excluding carboxylic acids is 1. The van der Waals surface area contributed by atoms with Crippen LogP contribution in [0.4, 0.5) is 0 Å². The summed E-state index contributed by atoms with van der Waals surface area (Å²) in [4.78, 5) is 12.0. The van der Waals surface area contributed by atoms with Crippen LogP contribution in [0.1, 0.15) is 26.3 Å². The van der Waals surface area contributed by atoms with Crippen molar-refractivity contribution in [1.82, 2.24) is 0 Å². The molecule has 0 saturated heterocycles. The third-order valence-electron chi connectivity index (χ3n) is 3.13. The van der Waals surface area contributed by atoms with Crippen LogP contribution < -0.4 is 4.74 Å². The minimum atomic E-state index is 0.0908. The maximum atomic E-state index is 12.0. The lowest BCUT2D eigenvalue weighted by Crippen LogP contribution is -2.19. The van der Waals surface area contributed by atoms with Crippen molar-refractivity contribution in [2.45, 2.75) is 27.2 Å². The van der Waals surface area contributed by atoms with Crippen LogP contribution in [-0.2, 0) is 11.2 Å². The van der Waals surface area contributed by atoms with Gasteiger partial charge in [-0.25, -0.2) is 0 Å². The molecule has 0 aliphatic carbocycles. The van der Waals surface area contributed by atoms with E-state index in [9.17, 15) is 4.79 Å². The van der Waals surface area contributed by atoms with E-state index in [1.54, 1.807) is 7.11 Å². The fourth-order valence-electron chi connectivity index (χ4n) is 1.53. The van der Waals surface area contributed by atoms with E-state index in [0.29, 0.717) is 12.3 Å². The number of rotatable bonds is 5. The van der Waals surface area contributed by atoms with Crippen LogP contribution in [0.5, 0.6) is 5.75 Å². The molecule has 1 aromatic rings. The van der Waals surface area contributed by atoms with Crippen LogP contribution in [0, 0.1) is 11.8 Å². The summed E-state index contributed by atoms with van der Waals surface area (Å²) in [5.74, 6) is 1.53. The number of halogens is 1. The molecule has 0 bridgehead atoms. The van der Waals surface area contributed by atoms with Crippen molar-refractivity contribution >= 4 is 21.7 Å². The van der Waals surface area contributed by atoms with E-state index >= 15 is 0 Å². The lowest BCUT2D eigenvalue weighted by molar-refractivity contribution is -0.122. The van der Waals surface area contributed by atoms with Gasteiger partial charge in [0.1, 0.15) is 11.5 Å². The predicted molar refractivity (Wildman–Crippen MR) is 73.4 cm³/mol. The second kappa shape index (κ2) is 6.20. The van der Waals surface area contributed by atoms with Crippen LogP contribution in [0.2, 0.25) is 0 Å². The topological polar surface area (TPSA) is 26.3 Å². The molecular formula is C14H19BrO2. The molecule has 0 amide bonds. The first-order chi connectivity index (χ1) is 7.95. The molecule has 94 valence electrons. The summed E-state index contributed by atoms with van der Waals surface area (Å²) in [6, 6.07) is 5.71. The summed E-state index contributed by atoms with van der Waals surface area (Å²) >= 11 is 3.47. The van der Waals surface area contributed by atoms with Gasteiger partial charge in [-0.05, 0) is 29.7 Å². The average Bonchev–Trinajstić information content (AvgIpc) is 2.30. The molecule has 1 unspecified atom stereocenters. The summed E-state index contributed by atoms with van der Waals surface area (Å²) in [6.45, 7) is 6.13. The molecule has 0 heterocycles. The Balaban J connectivity index is 2.84. The maximum Gasteiger partial charge on any atom is 0.140 e. The SMILES string of the molecule is COc1ccc(Br)c(CC(=O)C(C)C(C)C)c1. The Hall–Kier alpha value is -0.830. The molecule has 3 heteroatoms. The Morgan fingerprint density at radius 2 is 2.00 bits per heavy atom. The van der Waals surface area contributed by atoms with Gasteiger partial charge >= 0.3 is 0 Å². The highest BCUT2D eigenvalue weighted by molar-refractivity contribution is 9.10. The third kappa shape index (κ3) is 3.84.